The first-order chi connectivity index (χ1) is 7.52. The second-order valence-electron chi connectivity index (χ2n) is 2.89. The Labute approximate surface area is 89.9 Å². The summed E-state index contributed by atoms with van der Waals surface area (Å²) in [5.41, 5.74) is 4.07. The van der Waals surface area contributed by atoms with E-state index in [0.29, 0.717) is 0 Å². The van der Waals surface area contributed by atoms with E-state index in [4.69, 9.17) is 15.6 Å². The minimum Gasteiger partial charge on any atom is -0.481 e. The summed E-state index contributed by atoms with van der Waals surface area (Å²) in [6.07, 6.45) is -2.14. The van der Waals surface area contributed by atoms with E-state index in [1.807, 2.05) is 0 Å². The quantitative estimate of drug-likeness (QED) is 0.814. The molecule has 0 fully saturated rings. The van der Waals surface area contributed by atoms with Crippen LogP contribution in [-0.4, -0.2) is 23.2 Å². The molecular formula is C9H10F2N2O3. The number of methoxy groups -OCH3 is 1. The molecule has 7 heteroatoms. The molecule has 5 nitrogen and oxygen atoms in total. The fourth-order valence-corrected chi connectivity index (χ4v) is 1.34. The van der Waals surface area contributed by atoms with E-state index >= 15 is 0 Å². The maximum absolute atomic E-state index is 12.6. The van der Waals surface area contributed by atoms with E-state index in [1.54, 1.807) is 0 Å². The van der Waals surface area contributed by atoms with Crippen LogP contribution in [0.2, 0.25) is 0 Å². The second-order valence-corrected chi connectivity index (χ2v) is 2.89. The van der Waals surface area contributed by atoms with Gasteiger partial charge in [0.15, 0.2) is 0 Å². The maximum atomic E-state index is 12.6. The third-order valence-corrected chi connectivity index (χ3v) is 2.02. The van der Waals surface area contributed by atoms with Gasteiger partial charge in [0.25, 0.3) is 6.43 Å². The molecule has 0 aliphatic heterocycles. The van der Waals surface area contributed by atoms with Crippen molar-refractivity contribution in [2.75, 3.05) is 7.11 Å². The number of nitrogens with two attached hydrogens (primary N) is 1. The van der Waals surface area contributed by atoms with Gasteiger partial charge < -0.3 is 15.6 Å². The van der Waals surface area contributed by atoms with Crippen LogP contribution in [0, 0.1) is 0 Å². The van der Waals surface area contributed by atoms with Gasteiger partial charge in [0, 0.05) is 18.3 Å². The third kappa shape index (κ3) is 2.08. The topological polar surface area (TPSA) is 85.4 Å². The molecule has 16 heavy (non-hydrogen) atoms. The summed E-state index contributed by atoms with van der Waals surface area (Å²) in [7, 11) is 1.26. The van der Waals surface area contributed by atoms with Gasteiger partial charge in [-0.25, -0.2) is 18.6 Å². The van der Waals surface area contributed by atoms with Crippen molar-refractivity contribution in [2.45, 2.75) is 13.0 Å². The van der Waals surface area contributed by atoms with Gasteiger partial charge in [0.05, 0.1) is 18.2 Å². The minimum absolute atomic E-state index is 0.0344. The number of rotatable bonds is 4. The molecule has 0 saturated carbocycles. The number of carboxylic acid groups (broad SMARTS) is 1. The third-order valence-electron chi connectivity index (χ3n) is 2.02. The van der Waals surface area contributed by atoms with Crippen molar-refractivity contribution in [1.29, 1.82) is 0 Å². The van der Waals surface area contributed by atoms with Crippen molar-refractivity contribution in [3.05, 3.63) is 22.9 Å². The number of nitrogens with zero attached hydrogens (tertiary/aromatic N) is 1. The molecule has 0 aromatic carbocycles. The van der Waals surface area contributed by atoms with Gasteiger partial charge in [-0.3, -0.25) is 0 Å². The molecule has 1 rings (SSSR count). The van der Waals surface area contributed by atoms with Gasteiger partial charge in [0.1, 0.15) is 0 Å². The Balaban J connectivity index is 3.50. The van der Waals surface area contributed by atoms with E-state index < -0.39 is 23.5 Å². The highest BCUT2D eigenvalue weighted by molar-refractivity contribution is 5.91. The average Bonchev–Trinajstić information content (AvgIpc) is 2.26. The van der Waals surface area contributed by atoms with Crippen LogP contribution >= 0.6 is 0 Å². The molecule has 1 aromatic heterocycles. The van der Waals surface area contributed by atoms with Gasteiger partial charge in [-0.15, -0.1) is 0 Å². The van der Waals surface area contributed by atoms with Crippen LogP contribution in [-0.2, 0) is 6.54 Å². The predicted octanol–water partition coefficient (Wildman–Crippen LogP) is 1.18. The van der Waals surface area contributed by atoms with Crippen LogP contribution in [0.5, 0.6) is 5.88 Å². The molecule has 1 heterocycles. The molecule has 0 aliphatic rings. The van der Waals surface area contributed by atoms with Crippen LogP contribution in [0.3, 0.4) is 0 Å². The van der Waals surface area contributed by atoms with E-state index in [-0.39, 0.29) is 18.0 Å². The summed E-state index contributed by atoms with van der Waals surface area (Å²) in [6.45, 7) is -0.238. The van der Waals surface area contributed by atoms with Gasteiger partial charge in [-0.2, -0.15) is 0 Å². The lowest BCUT2D eigenvalue weighted by Crippen LogP contribution is -2.13. The molecule has 3 N–H and O–H groups in total. The van der Waals surface area contributed by atoms with Gasteiger partial charge in [-0.1, -0.05) is 0 Å². The molecular weight excluding hydrogens is 222 g/mol. The summed E-state index contributed by atoms with van der Waals surface area (Å²) in [6, 6.07) is 0. The van der Waals surface area contributed by atoms with Crippen molar-refractivity contribution in [1.82, 2.24) is 4.98 Å². The zero-order chi connectivity index (χ0) is 12.3. The molecule has 0 aliphatic carbocycles. The molecule has 0 amide bonds. The number of halogens is 2. The molecule has 0 unspecified atom stereocenters. The Kier molecular flexibility index (Phi) is 3.73. The lowest BCUT2D eigenvalue weighted by molar-refractivity contribution is 0.0682. The molecule has 1 aromatic rings. The Morgan fingerprint density at radius 2 is 2.31 bits per heavy atom. The Bertz CT molecular complexity index is 410. The van der Waals surface area contributed by atoms with E-state index in [9.17, 15) is 13.6 Å². The van der Waals surface area contributed by atoms with Gasteiger partial charge in [-0.05, 0) is 0 Å². The zero-order valence-electron chi connectivity index (χ0n) is 8.41. The van der Waals surface area contributed by atoms with E-state index in [0.717, 1.165) is 6.20 Å². The first kappa shape index (κ1) is 12.3. The summed E-state index contributed by atoms with van der Waals surface area (Å²) in [4.78, 5) is 14.5. The number of aromatic carboxylic acids is 1. The lowest BCUT2D eigenvalue weighted by Gasteiger charge is -2.12. The largest absolute Gasteiger partial charge is 0.481 e. The zero-order valence-corrected chi connectivity index (χ0v) is 8.41. The second kappa shape index (κ2) is 4.84. The fraction of sp³-hybridized carbons (Fsp3) is 0.333. The number of aromatic nitrogens is 1. The lowest BCUT2D eigenvalue weighted by atomic mass is 10.0. The van der Waals surface area contributed by atoms with E-state index in [2.05, 4.69) is 4.98 Å². The minimum atomic E-state index is -2.92. The van der Waals surface area contributed by atoms with Gasteiger partial charge in [0.2, 0.25) is 5.88 Å². The first-order valence-electron chi connectivity index (χ1n) is 4.30. The number of ether oxygens (including phenoxy) is 1. The SMILES string of the molecule is COc1ncc(C(F)F)c(C(=O)O)c1CN. The number of pyridine rings is 1. The molecule has 0 saturated heterocycles. The number of hydrogen-bond acceptors (Lipinski definition) is 4. The summed E-state index contributed by atoms with van der Waals surface area (Å²) >= 11 is 0. The summed E-state index contributed by atoms with van der Waals surface area (Å²) < 4.78 is 29.9. The monoisotopic (exact) mass is 232 g/mol. The fourth-order valence-electron chi connectivity index (χ4n) is 1.34. The molecule has 0 spiro atoms. The van der Waals surface area contributed by atoms with Crippen molar-refractivity contribution in [3.63, 3.8) is 0 Å². The van der Waals surface area contributed by atoms with Crippen molar-refractivity contribution >= 4 is 5.97 Å². The van der Waals surface area contributed by atoms with Gasteiger partial charge >= 0.3 is 5.97 Å². The molecule has 0 atom stereocenters. The van der Waals surface area contributed by atoms with Crippen LogP contribution in [0.4, 0.5) is 8.78 Å². The van der Waals surface area contributed by atoms with E-state index in [1.165, 1.54) is 7.11 Å². The Morgan fingerprint density at radius 1 is 1.69 bits per heavy atom. The number of carboxylic acids is 1. The maximum Gasteiger partial charge on any atom is 0.336 e. The Morgan fingerprint density at radius 3 is 2.69 bits per heavy atom. The summed E-state index contributed by atoms with van der Waals surface area (Å²) in [5.74, 6) is -1.53. The molecule has 0 radical (unpaired) electrons. The highest BCUT2D eigenvalue weighted by Crippen LogP contribution is 2.29. The number of hydrogen-bond donors (Lipinski definition) is 2. The van der Waals surface area contributed by atoms with Crippen LogP contribution < -0.4 is 10.5 Å². The standard InChI is InChI=1S/C9H10F2N2O3/c1-16-8-4(2-12)6(9(14)15)5(3-13-8)7(10)11/h3,7H,2,12H2,1H3,(H,14,15). The van der Waals surface area contributed by atoms with Crippen LogP contribution in [0.1, 0.15) is 27.9 Å². The molecule has 88 valence electrons. The average molecular weight is 232 g/mol. The smallest absolute Gasteiger partial charge is 0.336 e. The van der Waals surface area contributed by atoms with Crippen LogP contribution in [0.15, 0.2) is 6.20 Å². The molecule has 0 bridgehead atoms. The highest BCUT2D eigenvalue weighted by Gasteiger charge is 2.24. The highest BCUT2D eigenvalue weighted by atomic mass is 19.3. The Hall–Kier alpha value is -1.76. The number of carbonyl (C=O) groups is 1. The normalized spacial score (nSPS) is 10.6. The van der Waals surface area contributed by atoms with Crippen molar-refractivity contribution in [3.8, 4) is 5.88 Å². The first-order valence-corrected chi connectivity index (χ1v) is 4.30. The van der Waals surface area contributed by atoms with Crippen LogP contribution in [0.25, 0.3) is 0 Å². The van der Waals surface area contributed by atoms with Crippen molar-refractivity contribution < 1.29 is 23.4 Å². The summed E-state index contributed by atoms with van der Waals surface area (Å²) in [5, 5.41) is 8.87. The van der Waals surface area contributed by atoms with Crippen molar-refractivity contribution in [2.24, 2.45) is 5.73 Å². The predicted molar refractivity (Wildman–Crippen MR) is 50.6 cm³/mol. The number of alkyl halides is 2.